The first-order valence-corrected chi connectivity index (χ1v) is 5.38. The summed E-state index contributed by atoms with van der Waals surface area (Å²) in [5.41, 5.74) is -0.380. The van der Waals surface area contributed by atoms with E-state index < -0.39 is 11.5 Å². The van der Waals surface area contributed by atoms with Gasteiger partial charge in [0.2, 0.25) is 0 Å². The van der Waals surface area contributed by atoms with E-state index in [0.29, 0.717) is 6.42 Å². The second-order valence-electron chi connectivity index (χ2n) is 4.18. The van der Waals surface area contributed by atoms with Crippen LogP contribution in [-0.2, 0) is 14.3 Å². The Morgan fingerprint density at radius 3 is 3.12 bits per heavy atom. The summed E-state index contributed by atoms with van der Waals surface area (Å²) >= 11 is 0. The summed E-state index contributed by atoms with van der Waals surface area (Å²) in [6, 6.07) is 0. The third-order valence-electron chi connectivity index (χ3n) is 3.38. The lowest BCUT2D eigenvalue weighted by molar-refractivity contribution is -0.138. The average molecular weight is 221 g/mol. The van der Waals surface area contributed by atoms with Crippen molar-refractivity contribution in [3.8, 4) is 0 Å². The van der Waals surface area contributed by atoms with Gasteiger partial charge in [0.1, 0.15) is 11.1 Å². The molecule has 2 aliphatic heterocycles. The topological polar surface area (TPSA) is 46.6 Å². The van der Waals surface area contributed by atoms with Gasteiger partial charge in [-0.3, -0.25) is 4.79 Å². The SMILES string of the molecule is C=CC[C@@]12CCCN1C=C(C(=O)OC)C2=O. The Hall–Kier alpha value is -1.58. The van der Waals surface area contributed by atoms with Crippen LogP contribution in [-0.4, -0.2) is 35.8 Å². The van der Waals surface area contributed by atoms with E-state index in [-0.39, 0.29) is 11.4 Å². The van der Waals surface area contributed by atoms with E-state index in [9.17, 15) is 9.59 Å². The normalized spacial score (nSPS) is 27.7. The minimum absolute atomic E-state index is 0.114. The Balaban J connectivity index is 2.33. The molecular weight excluding hydrogens is 206 g/mol. The Kier molecular flexibility index (Phi) is 2.58. The van der Waals surface area contributed by atoms with Crippen LogP contribution in [0, 0.1) is 0 Å². The van der Waals surface area contributed by atoms with E-state index in [0.717, 1.165) is 19.4 Å². The molecule has 0 aliphatic carbocycles. The van der Waals surface area contributed by atoms with Crippen LogP contribution in [0.1, 0.15) is 19.3 Å². The molecule has 0 aromatic rings. The molecule has 0 aromatic carbocycles. The number of Topliss-reactive ketones (excluding diaryl/α,β-unsaturated/α-hetero) is 1. The molecule has 0 aromatic heterocycles. The highest BCUT2D eigenvalue weighted by Crippen LogP contribution is 2.40. The fourth-order valence-electron chi connectivity index (χ4n) is 2.60. The van der Waals surface area contributed by atoms with E-state index in [4.69, 9.17) is 0 Å². The van der Waals surface area contributed by atoms with Crippen molar-refractivity contribution in [2.75, 3.05) is 13.7 Å². The molecular formula is C12H15NO3. The van der Waals surface area contributed by atoms with Gasteiger partial charge in [0.05, 0.1) is 7.11 Å². The molecule has 0 bridgehead atoms. The molecule has 1 fully saturated rings. The van der Waals surface area contributed by atoms with Crippen molar-refractivity contribution in [1.82, 2.24) is 4.90 Å². The van der Waals surface area contributed by atoms with Gasteiger partial charge in [-0.1, -0.05) is 6.08 Å². The van der Waals surface area contributed by atoms with Gasteiger partial charge in [-0.2, -0.15) is 0 Å². The van der Waals surface area contributed by atoms with E-state index in [2.05, 4.69) is 11.3 Å². The standard InChI is InChI=1S/C12H15NO3/c1-3-5-12-6-4-7-13(12)8-9(10(12)14)11(15)16-2/h3,8H,1,4-7H2,2H3/t12-/m0/s1. The summed E-state index contributed by atoms with van der Waals surface area (Å²) in [4.78, 5) is 25.6. The van der Waals surface area contributed by atoms with Gasteiger partial charge in [0.25, 0.3) is 0 Å². The predicted molar refractivity (Wildman–Crippen MR) is 58.6 cm³/mol. The Bertz CT molecular complexity index is 386. The first kappa shape index (κ1) is 10.9. The minimum Gasteiger partial charge on any atom is -0.465 e. The number of carbonyl (C=O) groups excluding carboxylic acids is 2. The molecule has 4 nitrogen and oxygen atoms in total. The number of fused-ring (bicyclic) bond motifs is 1. The number of ether oxygens (including phenoxy) is 1. The van der Waals surface area contributed by atoms with E-state index in [1.807, 2.05) is 4.90 Å². The third-order valence-corrected chi connectivity index (χ3v) is 3.38. The van der Waals surface area contributed by atoms with Crippen LogP contribution in [0.3, 0.4) is 0 Å². The van der Waals surface area contributed by atoms with Crippen molar-refractivity contribution in [3.63, 3.8) is 0 Å². The third kappa shape index (κ3) is 1.29. The highest BCUT2D eigenvalue weighted by atomic mass is 16.5. The molecule has 86 valence electrons. The number of carbonyl (C=O) groups is 2. The molecule has 1 atom stereocenters. The van der Waals surface area contributed by atoms with Gasteiger partial charge in [-0.05, 0) is 19.3 Å². The van der Waals surface area contributed by atoms with Crippen LogP contribution in [0.4, 0.5) is 0 Å². The monoisotopic (exact) mass is 221 g/mol. The minimum atomic E-state index is -0.550. The molecule has 16 heavy (non-hydrogen) atoms. The van der Waals surface area contributed by atoms with Crippen molar-refractivity contribution in [1.29, 1.82) is 0 Å². The highest BCUT2D eigenvalue weighted by molar-refractivity contribution is 6.22. The molecule has 4 heteroatoms. The number of nitrogens with zero attached hydrogens (tertiary/aromatic N) is 1. The van der Waals surface area contributed by atoms with Gasteiger partial charge in [-0.25, -0.2) is 4.79 Å². The summed E-state index contributed by atoms with van der Waals surface area (Å²) < 4.78 is 4.61. The first-order valence-electron chi connectivity index (χ1n) is 5.38. The summed E-state index contributed by atoms with van der Waals surface area (Å²) in [6.07, 6.45) is 5.73. The van der Waals surface area contributed by atoms with Crippen molar-refractivity contribution in [2.45, 2.75) is 24.8 Å². The molecule has 0 radical (unpaired) electrons. The maximum Gasteiger partial charge on any atom is 0.343 e. The summed E-state index contributed by atoms with van der Waals surface area (Å²) in [5, 5.41) is 0. The fraction of sp³-hybridized carbons (Fsp3) is 0.500. The molecule has 1 saturated heterocycles. The molecule has 0 unspecified atom stereocenters. The van der Waals surface area contributed by atoms with Gasteiger partial charge in [0, 0.05) is 12.7 Å². The zero-order valence-electron chi connectivity index (χ0n) is 9.36. The largest absolute Gasteiger partial charge is 0.465 e. The molecule has 0 saturated carbocycles. The van der Waals surface area contributed by atoms with Crippen LogP contribution in [0.25, 0.3) is 0 Å². The predicted octanol–water partition coefficient (Wildman–Crippen LogP) is 1.04. The van der Waals surface area contributed by atoms with Gasteiger partial charge in [-0.15, -0.1) is 6.58 Å². The van der Waals surface area contributed by atoms with E-state index in [1.165, 1.54) is 7.11 Å². The number of rotatable bonds is 3. The average Bonchev–Trinajstić information content (AvgIpc) is 2.78. The maximum absolute atomic E-state index is 12.2. The number of esters is 1. The smallest absolute Gasteiger partial charge is 0.343 e. The lowest BCUT2D eigenvalue weighted by Crippen LogP contribution is -2.43. The lowest BCUT2D eigenvalue weighted by Gasteiger charge is -2.30. The van der Waals surface area contributed by atoms with Gasteiger partial charge < -0.3 is 9.64 Å². The molecule has 2 heterocycles. The molecule has 2 aliphatic rings. The summed E-state index contributed by atoms with van der Waals surface area (Å²) in [6.45, 7) is 4.51. The van der Waals surface area contributed by atoms with Crippen molar-refractivity contribution in [3.05, 3.63) is 24.4 Å². The van der Waals surface area contributed by atoms with Crippen molar-refractivity contribution >= 4 is 11.8 Å². The maximum atomic E-state index is 12.2. The first-order chi connectivity index (χ1) is 7.65. The Morgan fingerprint density at radius 2 is 2.50 bits per heavy atom. The zero-order valence-corrected chi connectivity index (χ0v) is 9.36. The van der Waals surface area contributed by atoms with E-state index in [1.54, 1.807) is 12.3 Å². The quantitative estimate of drug-likeness (QED) is 0.406. The van der Waals surface area contributed by atoms with Crippen LogP contribution in [0.2, 0.25) is 0 Å². The van der Waals surface area contributed by atoms with Gasteiger partial charge in [0.15, 0.2) is 5.78 Å². The number of ketones is 1. The molecule has 0 N–H and O–H groups in total. The van der Waals surface area contributed by atoms with Crippen LogP contribution < -0.4 is 0 Å². The van der Waals surface area contributed by atoms with Crippen LogP contribution in [0.15, 0.2) is 24.4 Å². The van der Waals surface area contributed by atoms with Crippen molar-refractivity contribution < 1.29 is 14.3 Å². The number of hydrogen-bond donors (Lipinski definition) is 0. The zero-order chi connectivity index (χ0) is 11.8. The summed E-state index contributed by atoms with van der Waals surface area (Å²) in [7, 11) is 1.29. The second kappa shape index (κ2) is 3.77. The highest BCUT2D eigenvalue weighted by Gasteiger charge is 2.52. The van der Waals surface area contributed by atoms with Crippen molar-refractivity contribution in [2.24, 2.45) is 0 Å². The lowest BCUT2D eigenvalue weighted by atomic mass is 9.87. The Morgan fingerprint density at radius 1 is 1.75 bits per heavy atom. The van der Waals surface area contributed by atoms with E-state index >= 15 is 0 Å². The van der Waals surface area contributed by atoms with Crippen LogP contribution in [0.5, 0.6) is 0 Å². The second-order valence-corrected chi connectivity index (χ2v) is 4.18. The van der Waals surface area contributed by atoms with Gasteiger partial charge >= 0.3 is 5.97 Å². The fourth-order valence-corrected chi connectivity index (χ4v) is 2.60. The Labute approximate surface area is 94.6 Å². The molecule has 0 amide bonds. The van der Waals surface area contributed by atoms with Crippen LogP contribution >= 0.6 is 0 Å². The molecule has 0 spiro atoms. The molecule has 2 rings (SSSR count). The number of hydrogen-bond acceptors (Lipinski definition) is 4. The number of methoxy groups -OCH3 is 1. The summed E-state index contributed by atoms with van der Waals surface area (Å²) in [5.74, 6) is -0.653.